The predicted octanol–water partition coefficient (Wildman–Crippen LogP) is 2.14. The Morgan fingerprint density at radius 2 is 2.08 bits per heavy atom. The third kappa shape index (κ3) is 2.77. The highest BCUT2D eigenvalue weighted by Gasteiger charge is 2.07. The predicted molar refractivity (Wildman–Crippen MR) is 46.3 cm³/mol. The molecule has 0 aliphatic heterocycles. The van der Waals surface area contributed by atoms with Gasteiger partial charge in [-0.2, -0.15) is 0 Å². The molecule has 0 aliphatic carbocycles. The van der Waals surface area contributed by atoms with E-state index in [4.69, 9.17) is 5.11 Å². The van der Waals surface area contributed by atoms with E-state index in [2.05, 4.69) is 0 Å². The van der Waals surface area contributed by atoms with Crippen molar-refractivity contribution in [2.24, 2.45) is 5.92 Å². The van der Waals surface area contributed by atoms with Gasteiger partial charge in [0.15, 0.2) is 0 Å². The van der Waals surface area contributed by atoms with Crippen LogP contribution in [-0.4, -0.2) is 11.7 Å². The highest BCUT2D eigenvalue weighted by Crippen LogP contribution is 2.13. The quantitative estimate of drug-likeness (QED) is 0.766. The minimum Gasteiger partial charge on any atom is -0.396 e. The summed E-state index contributed by atoms with van der Waals surface area (Å²) in [5.74, 6) is -1.11. The lowest BCUT2D eigenvalue weighted by Crippen LogP contribution is -2.06. The van der Waals surface area contributed by atoms with Gasteiger partial charge in [0.2, 0.25) is 0 Å². The van der Waals surface area contributed by atoms with Gasteiger partial charge in [-0.3, -0.25) is 0 Å². The van der Waals surface area contributed by atoms with Crippen LogP contribution in [0, 0.1) is 17.6 Å². The highest BCUT2D eigenvalue weighted by atomic mass is 19.1. The zero-order chi connectivity index (χ0) is 9.84. The fourth-order valence-electron chi connectivity index (χ4n) is 1.13. The maximum Gasteiger partial charge on any atom is 0.129 e. The topological polar surface area (TPSA) is 20.2 Å². The van der Waals surface area contributed by atoms with Crippen LogP contribution in [0.3, 0.4) is 0 Å². The van der Waals surface area contributed by atoms with Crippen molar-refractivity contribution in [3.8, 4) is 0 Å². The SMILES string of the molecule is C[C@@H](CO)Cc1ccc(F)cc1F. The Morgan fingerprint density at radius 3 is 2.62 bits per heavy atom. The van der Waals surface area contributed by atoms with E-state index >= 15 is 0 Å². The molecular weight excluding hydrogens is 174 g/mol. The van der Waals surface area contributed by atoms with Crippen LogP contribution in [0.4, 0.5) is 8.78 Å². The number of halogens is 2. The van der Waals surface area contributed by atoms with Crippen molar-refractivity contribution < 1.29 is 13.9 Å². The van der Waals surface area contributed by atoms with Gasteiger partial charge in [0, 0.05) is 12.7 Å². The summed E-state index contributed by atoms with van der Waals surface area (Å²) in [7, 11) is 0. The zero-order valence-corrected chi connectivity index (χ0v) is 7.43. The molecule has 0 bridgehead atoms. The molecule has 1 aromatic rings. The third-order valence-electron chi connectivity index (χ3n) is 1.90. The van der Waals surface area contributed by atoms with Gasteiger partial charge < -0.3 is 5.11 Å². The molecule has 3 heteroatoms. The fourth-order valence-corrected chi connectivity index (χ4v) is 1.13. The molecule has 0 aromatic heterocycles. The zero-order valence-electron chi connectivity index (χ0n) is 7.43. The first kappa shape index (κ1) is 10.1. The second-order valence-electron chi connectivity index (χ2n) is 3.23. The molecule has 0 saturated carbocycles. The van der Waals surface area contributed by atoms with Crippen molar-refractivity contribution in [2.75, 3.05) is 6.61 Å². The number of aliphatic hydroxyl groups excluding tert-OH is 1. The van der Waals surface area contributed by atoms with Gasteiger partial charge in [-0.15, -0.1) is 0 Å². The molecule has 0 aliphatic rings. The molecule has 1 N–H and O–H groups in total. The molecule has 1 aromatic carbocycles. The van der Waals surface area contributed by atoms with Crippen molar-refractivity contribution in [1.29, 1.82) is 0 Å². The summed E-state index contributed by atoms with van der Waals surface area (Å²) in [6.45, 7) is 1.82. The van der Waals surface area contributed by atoms with E-state index in [1.807, 2.05) is 6.92 Å². The summed E-state index contributed by atoms with van der Waals surface area (Å²) in [5.41, 5.74) is 0.447. The summed E-state index contributed by atoms with van der Waals surface area (Å²) in [4.78, 5) is 0. The lowest BCUT2D eigenvalue weighted by molar-refractivity contribution is 0.236. The van der Waals surface area contributed by atoms with Crippen LogP contribution >= 0.6 is 0 Å². The van der Waals surface area contributed by atoms with Crippen LogP contribution < -0.4 is 0 Å². The Bertz CT molecular complexity index is 286. The third-order valence-corrected chi connectivity index (χ3v) is 1.90. The maximum atomic E-state index is 13.0. The van der Waals surface area contributed by atoms with Crippen LogP contribution in [0.2, 0.25) is 0 Å². The Balaban J connectivity index is 2.77. The van der Waals surface area contributed by atoms with Crippen molar-refractivity contribution >= 4 is 0 Å². The minimum absolute atomic E-state index is 0.0000359. The molecule has 0 fully saturated rings. The Labute approximate surface area is 76.0 Å². The normalized spacial score (nSPS) is 12.9. The first-order chi connectivity index (χ1) is 6.13. The molecular formula is C10H12F2O. The van der Waals surface area contributed by atoms with Crippen molar-refractivity contribution in [3.63, 3.8) is 0 Å². The molecule has 0 spiro atoms. The largest absolute Gasteiger partial charge is 0.396 e. The van der Waals surface area contributed by atoms with Crippen molar-refractivity contribution in [3.05, 3.63) is 35.4 Å². The molecule has 0 saturated heterocycles. The molecule has 1 atom stereocenters. The van der Waals surface area contributed by atoms with Crippen LogP contribution in [0.25, 0.3) is 0 Å². The number of benzene rings is 1. The second-order valence-corrected chi connectivity index (χ2v) is 3.23. The monoisotopic (exact) mass is 186 g/mol. The molecule has 1 nitrogen and oxygen atoms in total. The highest BCUT2D eigenvalue weighted by molar-refractivity contribution is 5.18. The average Bonchev–Trinajstić information content (AvgIpc) is 2.09. The first-order valence-electron chi connectivity index (χ1n) is 4.18. The molecule has 72 valence electrons. The van der Waals surface area contributed by atoms with E-state index in [1.54, 1.807) is 0 Å². The number of hydrogen-bond donors (Lipinski definition) is 1. The van der Waals surface area contributed by atoms with Gasteiger partial charge in [-0.1, -0.05) is 13.0 Å². The molecule has 13 heavy (non-hydrogen) atoms. The summed E-state index contributed by atoms with van der Waals surface area (Å²) < 4.78 is 25.5. The number of hydrogen-bond acceptors (Lipinski definition) is 1. The van der Waals surface area contributed by atoms with Gasteiger partial charge >= 0.3 is 0 Å². The van der Waals surface area contributed by atoms with Crippen LogP contribution in [0.5, 0.6) is 0 Å². The summed E-state index contributed by atoms with van der Waals surface area (Å²) >= 11 is 0. The number of aliphatic hydroxyl groups is 1. The van der Waals surface area contributed by atoms with Gasteiger partial charge in [0.25, 0.3) is 0 Å². The molecule has 1 rings (SSSR count). The fraction of sp³-hybridized carbons (Fsp3) is 0.400. The lowest BCUT2D eigenvalue weighted by Gasteiger charge is -2.08. The molecule has 0 heterocycles. The standard InChI is InChI=1S/C10H12F2O/c1-7(6-13)4-8-2-3-9(11)5-10(8)12/h2-3,5,7,13H,4,6H2,1H3/t7-/m1/s1. The van der Waals surface area contributed by atoms with E-state index in [0.717, 1.165) is 6.07 Å². The Kier molecular flexibility index (Phi) is 3.37. The van der Waals surface area contributed by atoms with E-state index in [9.17, 15) is 8.78 Å². The first-order valence-corrected chi connectivity index (χ1v) is 4.18. The number of rotatable bonds is 3. The van der Waals surface area contributed by atoms with Crippen molar-refractivity contribution in [2.45, 2.75) is 13.3 Å². The van der Waals surface area contributed by atoms with Gasteiger partial charge in [0.05, 0.1) is 0 Å². The van der Waals surface area contributed by atoms with Crippen LogP contribution in [0.1, 0.15) is 12.5 Å². The van der Waals surface area contributed by atoms with E-state index in [0.29, 0.717) is 12.0 Å². The van der Waals surface area contributed by atoms with Gasteiger partial charge in [-0.25, -0.2) is 8.78 Å². The second kappa shape index (κ2) is 4.33. The maximum absolute atomic E-state index is 13.0. The van der Waals surface area contributed by atoms with E-state index in [-0.39, 0.29) is 12.5 Å². The molecule has 0 unspecified atom stereocenters. The van der Waals surface area contributed by atoms with Gasteiger partial charge in [-0.05, 0) is 24.0 Å². The lowest BCUT2D eigenvalue weighted by atomic mass is 10.0. The van der Waals surface area contributed by atoms with Crippen LogP contribution in [0.15, 0.2) is 18.2 Å². The Hall–Kier alpha value is -0.960. The minimum atomic E-state index is -0.571. The summed E-state index contributed by atoms with van der Waals surface area (Å²) in [6.07, 6.45) is 0.433. The summed E-state index contributed by atoms with van der Waals surface area (Å²) in [6, 6.07) is 3.50. The summed E-state index contributed by atoms with van der Waals surface area (Å²) in [5, 5.41) is 8.75. The molecule has 0 amide bonds. The molecule has 0 radical (unpaired) electrons. The van der Waals surface area contributed by atoms with E-state index in [1.165, 1.54) is 12.1 Å². The van der Waals surface area contributed by atoms with Gasteiger partial charge in [0.1, 0.15) is 11.6 Å². The van der Waals surface area contributed by atoms with Crippen LogP contribution in [-0.2, 0) is 6.42 Å². The average molecular weight is 186 g/mol. The Morgan fingerprint density at radius 1 is 1.38 bits per heavy atom. The van der Waals surface area contributed by atoms with E-state index < -0.39 is 11.6 Å². The smallest absolute Gasteiger partial charge is 0.129 e. The van der Waals surface area contributed by atoms with Crippen molar-refractivity contribution in [1.82, 2.24) is 0 Å².